The zero-order valence-corrected chi connectivity index (χ0v) is 17.5. The summed E-state index contributed by atoms with van der Waals surface area (Å²) in [6.07, 6.45) is 0.467. The standard InChI is InChI=1S/C17H29N5O.HI/c1-5-18-17(19-12-11-16(23)22(6-2)7-3)20-13-15-10-8-9-14(4)21-15;/h8-10H,5-7,11-13H2,1-4H3,(H2,18,19,20);1H. The largest absolute Gasteiger partial charge is 0.357 e. The molecule has 0 aromatic carbocycles. The van der Waals surface area contributed by atoms with Gasteiger partial charge in [0.15, 0.2) is 5.96 Å². The van der Waals surface area contributed by atoms with Gasteiger partial charge in [0, 0.05) is 38.3 Å². The fourth-order valence-electron chi connectivity index (χ4n) is 2.21. The van der Waals surface area contributed by atoms with Gasteiger partial charge in [0.1, 0.15) is 0 Å². The van der Waals surface area contributed by atoms with Gasteiger partial charge in [-0.2, -0.15) is 0 Å². The predicted molar refractivity (Wildman–Crippen MR) is 110 cm³/mol. The Hall–Kier alpha value is -1.38. The van der Waals surface area contributed by atoms with Gasteiger partial charge in [-0.3, -0.25) is 9.78 Å². The Morgan fingerprint density at radius 2 is 1.92 bits per heavy atom. The van der Waals surface area contributed by atoms with Crippen LogP contribution in [0.4, 0.5) is 0 Å². The van der Waals surface area contributed by atoms with Gasteiger partial charge in [-0.1, -0.05) is 6.07 Å². The van der Waals surface area contributed by atoms with Gasteiger partial charge in [-0.15, -0.1) is 24.0 Å². The van der Waals surface area contributed by atoms with E-state index >= 15 is 0 Å². The van der Waals surface area contributed by atoms with Crippen molar-refractivity contribution in [2.45, 2.75) is 40.7 Å². The third kappa shape index (κ3) is 8.47. The van der Waals surface area contributed by atoms with Crippen molar-refractivity contribution in [2.75, 3.05) is 26.2 Å². The monoisotopic (exact) mass is 447 g/mol. The molecule has 0 saturated carbocycles. The summed E-state index contributed by atoms with van der Waals surface area (Å²) in [5.74, 6) is 0.877. The van der Waals surface area contributed by atoms with Crippen LogP contribution in [0.1, 0.15) is 38.6 Å². The van der Waals surface area contributed by atoms with Crippen LogP contribution in [0.25, 0.3) is 0 Å². The smallest absolute Gasteiger partial charge is 0.224 e. The summed E-state index contributed by atoms with van der Waals surface area (Å²) in [6, 6.07) is 5.91. The summed E-state index contributed by atoms with van der Waals surface area (Å²) >= 11 is 0. The molecule has 0 spiro atoms. The number of carbonyl (C=O) groups is 1. The van der Waals surface area contributed by atoms with Gasteiger partial charge in [0.05, 0.1) is 12.2 Å². The summed E-state index contributed by atoms with van der Waals surface area (Å²) in [6.45, 7) is 11.3. The fourth-order valence-corrected chi connectivity index (χ4v) is 2.21. The van der Waals surface area contributed by atoms with Crippen LogP contribution in [0.5, 0.6) is 0 Å². The summed E-state index contributed by atoms with van der Waals surface area (Å²) in [5.41, 5.74) is 1.92. The highest BCUT2D eigenvalue weighted by atomic mass is 127. The van der Waals surface area contributed by atoms with Crippen LogP contribution >= 0.6 is 24.0 Å². The van der Waals surface area contributed by atoms with Crippen LogP contribution < -0.4 is 10.6 Å². The number of amides is 1. The molecule has 0 aliphatic carbocycles. The topological polar surface area (TPSA) is 69.6 Å². The van der Waals surface area contributed by atoms with E-state index in [0.29, 0.717) is 25.5 Å². The van der Waals surface area contributed by atoms with E-state index in [1.807, 2.05) is 50.8 Å². The maximum atomic E-state index is 12.0. The van der Waals surface area contributed by atoms with Crippen molar-refractivity contribution < 1.29 is 4.79 Å². The lowest BCUT2D eigenvalue weighted by Crippen LogP contribution is -2.40. The second kappa shape index (κ2) is 13.0. The van der Waals surface area contributed by atoms with Gasteiger partial charge in [-0.25, -0.2) is 4.99 Å². The third-order valence-corrected chi connectivity index (χ3v) is 3.44. The molecule has 136 valence electrons. The molecule has 2 N–H and O–H groups in total. The predicted octanol–water partition coefficient (Wildman–Crippen LogP) is 2.32. The number of aliphatic imine (C=N–C) groups is 1. The van der Waals surface area contributed by atoms with Crippen molar-refractivity contribution in [1.82, 2.24) is 20.5 Å². The van der Waals surface area contributed by atoms with Crippen LogP contribution in [0.15, 0.2) is 23.2 Å². The Balaban J connectivity index is 0.00000529. The quantitative estimate of drug-likeness (QED) is 0.365. The molecule has 0 fully saturated rings. The highest BCUT2D eigenvalue weighted by Gasteiger charge is 2.09. The van der Waals surface area contributed by atoms with Gasteiger partial charge >= 0.3 is 0 Å². The normalized spacial score (nSPS) is 10.8. The molecule has 1 amide bonds. The SMILES string of the molecule is CCNC(=NCc1cccc(C)n1)NCCC(=O)N(CC)CC.I. The van der Waals surface area contributed by atoms with Crippen LogP contribution in [0, 0.1) is 6.92 Å². The summed E-state index contributed by atoms with van der Waals surface area (Å²) in [7, 11) is 0. The second-order valence-electron chi connectivity index (χ2n) is 5.21. The summed E-state index contributed by atoms with van der Waals surface area (Å²) in [5, 5.41) is 6.39. The summed E-state index contributed by atoms with van der Waals surface area (Å²) in [4.78, 5) is 22.8. The number of nitrogens with zero attached hydrogens (tertiary/aromatic N) is 3. The van der Waals surface area contributed by atoms with E-state index in [-0.39, 0.29) is 29.9 Å². The lowest BCUT2D eigenvalue weighted by Gasteiger charge is -2.19. The molecule has 6 nitrogen and oxygen atoms in total. The van der Waals surface area contributed by atoms with Crippen molar-refractivity contribution in [3.8, 4) is 0 Å². The molecule has 7 heteroatoms. The molecule has 1 aromatic heterocycles. The molecule has 1 rings (SSSR count). The summed E-state index contributed by atoms with van der Waals surface area (Å²) < 4.78 is 0. The van der Waals surface area contributed by atoms with Crippen LogP contribution in [0.3, 0.4) is 0 Å². The molecule has 0 radical (unpaired) electrons. The van der Waals surface area contributed by atoms with Crippen LogP contribution in [0.2, 0.25) is 0 Å². The number of aromatic nitrogens is 1. The lowest BCUT2D eigenvalue weighted by atomic mass is 10.3. The molecule has 24 heavy (non-hydrogen) atoms. The zero-order valence-electron chi connectivity index (χ0n) is 15.1. The molecule has 0 saturated heterocycles. The van der Waals surface area contributed by atoms with Crippen molar-refractivity contribution in [2.24, 2.45) is 4.99 Å². The maximum absolute atomic E-state index is 12.0. The minimum atomic E-state index is 0. The molecule has 0 aliphatic heterocycles. The maximum Gasteiger partial charge on any atom is 0.224 e. The first-order valence-corrected chi connectivity index (χ1v) is 8.33. The molecule has 0 bridgehead atoms. The molecule has 0 aliphatic rings. The highest BCUT2D eigenvalue weighted by molar-refractivity contribution is 14.0. The van der Waals surface area contributed by atoms with E-state index in [9.17, 15) is 4.79 Å². The first-order valence-electron chi connectivity index (χ1n) is 8.33. The molecule has 0 unspecified atom stereocenters. The van der Waals surface area contributed by atoms with E-state index < -0.39 is 0 Å². The number of pyridine rings is 1. The van der Waals surface area contributed by atoms with Crippen molar-refractivity contribution >= 4 is 35.8 Å². The first-order chi connectivity index (χ1) is 11.1. The van der Waals surface area contributed by atoms with Crippen molar-refractivity contribution in [1.29, 1.82) is 0 Å². The Morgan fingerprint density at radius 1 is 1.21 bits per heavy atom. The Morgan fingerprint density at radius 3 is 2.50 bits per heavy atom. The third-order valence-electron chi connectivity index (χ3n) is 3.44. The van der Waals surface area contributed by atoms with Crippen molar-refractivity contribution in [3.63, 3.8) is 0 Å². The number of guanidine groups is 1. The van der Waals surface area contributed by atoms with E-state index in [0.717, 1.165) is 31.0 Å². The lowest BCUT2D eigenvalue weighted by molar-refractivity contribution is -0.130. The van der Waals surface area contributed by atoms with E-state index in [1.54, 1.807) is 0 Å². The van der Waals surface area contributed by atoms with Gasteiger partial charge < -0.3 is 15.5 Å². The number of nitrogens with one attached hydrogen (secondary N) is 2. The van der Waals surface area contributed by atoms with Gasteiger partial charge in [-0.05, 0) is 39.8 Å². The number of halogens is 1. The van der Waals surface area contributed by atoms with Crippen LogP contribution in [-0.2, 0) is 11.3 Å². The first kappa shape index (κ1) is 22.6. The molecule has 0 atom stereocenters. The number of hydrogen-bond acceptors (Lipinski definition) is 3. The Kier molecular flexibility index (Phi) is 12.2. The van der Waals surface area contributed by atoms with E-state index in [1.165, 1.54) is 0 Å². The highest BCUT2D eigenvalue weighted by Crippen LogP contribution is 1.99. The van der Waals surface area contributed by atoms with Gasteiger partial charge in [0.2, 0.25) is 5.91 Å². The molecule has 1 heterocycles. The molecular formula is C17H30IN5O. The zero-order chi connectivity index (χ0) is 17.1. The number of hydrogen-bond donors (Lipinski definition) is 2. The number of rotatable bonds is 8. The van der Waals surface area contributed by atoms with Crippen LogP contribution in [-0.4, -0.2) is 47.9 Å². The Labute approximate surface area is 162 Å². The van der Waals surface area contributed by atoms with Crippen molar-refractivity contribution in [3.05, 3.63) is 29.6 Å². The number of aryl methyl sites for hydroxylation is 1. The average Bonchev–Trinajstić information content (AvgIpc) is 2.54. The minimum Gasteiger partial charge on any atom is -0.357 e. The van der Waals surface area contributed by atoms with E-state index in [4.69, 9.17) is 0 Å². The Bertz CT molecular complexity index is 517. The average molecular weight is 447 g/mol. The van der Waals surface area contributed by atoms with Gasteiger partial charge in [0.25, 0.3) is 0 Å². The molecule has 1 aromatic rings. The fraction of sp³-hybridized carbons (Fsp3) is 0.588. The minimum absolute atomic E-state index is 0. The second-order valence-corrected chi connectivity index (χ2v) is 5.21. The molecular weight excluding hydrogens is 417 g/mol. The number of carbonyl (C=O) groups excluding carboxylic acids is 1. The van der Waals surface area contributed by atoms with E-state index in [2.05, 4.69) is 20.6 Å².